The molecule has 3 heterocycles. The number of nitrogens with zero attached hydrogens (tertiary/aromatic N) is 2. The van der Waals surface area contributed by atoms with Crippen LogP contribution in [-0.2, 0) is 0 Å². The van der Waals surface area contributed by atoms with Crippen LogP contribution in [0.5, 0.6) is 5.75 Å². The molecule has 0 fully saturated rings. The monoisotopic (exact) mass is 438 g/mol. The fourth-order valence-electron chi connectivity index (χ4n) is 3.70. The molecule has 2 aromatic heterocycles. The molecule has 0 N–H and O–H groups in total. The van der Waals surface area contributed by atoms with Gasteiger partial charge in [-0.1, -0.05) is 23.7 Å². The van der Waals surface area contributed by atoms with Crippen molar-refractivity contribution in [2.24, 2.45) is 0 Å². The Balaban J connectivity index is 1.80. The minimum atomic E-state index is -0.663. The SMILES string of the molecule is COc1ccc([C@@H]2c3c(oc4ccc(Cl)cc4c3=O)C(=O)N2c2nc(C)cs2)cc1. The molecule has 1 amide bonds. The van der Waals surface area contributed by atoms with Crippen molar-refractivity contribution in [3.63, 3.8) is 0 Å². The molecule has 8 heteroatoms. The van der Waals surface area contributed by atoms with E-state index in [1.165, 1.54) is 16.2 Å². The van der Waals surface area contributed by atoms with Crippen molar-refractivity contribution in [1.29, 1.82) is 0 Å². The second-order valence-corrected chi connectivity index (χ2v) is 8.21. The number of ether oxygens (including phenoxy) is 1. The van der Waals surface area contributed by atoms with Gasteiger partial charge in [-0.2, -0.15) is 0 Å². The molecule has 0 radical (unpaired) electrons. The van der Waals surface area contributed by atoms with Gasteiger partial charge in [-0.15, -0.1) is 11.3 Å². The first-order valence-corrected chi connectivity index (χ1v) is 10.4. The van der Waals surface area contributed by atoms with Crippen LogP contribution in [0.2, 0.25) is 5.02 Å². The quantitative estimate of drug-likeness (QED) is 0.451. The van der Waals surface area contributed by atoms with Crippen LogP contribution in [0.3, 0.4) is 0 Å². The molecule has 1 aliphatic rings. The van der Waals surface area contributed by atoms with Crippen molar-refractivity contribution >= 4 is 44.9 Å². The topological polar surface area (TPSA) is 72.6 Å². The third-order valence-corrected chi connectivity index (χ3v) is 6.27. The van der Waals surface area contributed by atoms with Gasteiger partial charge in [-0.25, -0.2) is 4.98 Å². The van der Waals surface area contributed by atoms with E-state index < -0.39 is 11.9 Å². The summed E-state index contributed by atoms with van der Waals surface area (Å²) in [4.78, 5) is 32.9. The summed E-state index contributed by atoms with van der Waals surface area (Å²) in [6.45, 7) is 1.86. The predicted molar refractivity (Wildman–Crippen MR) is 116 cm³/mol. The highest BCUT2D eigenvalue weighted by Gasteiger charge is 2.44. The van der Waals surface area contributed by atoms with Crippen molar-refractivity contribution in [1.82, 2.24) is 4.98 Å². The summed E-state index contributed by atoms with van der Waals surface area (Å²) in [6, 6.07) is 11.4. The Morgan fingerprint density at radius 1 is 1.17 bits per heavy atom. The minimum absolute atomic E-state index is 0.0310. The van der Waals surface area contributed by atoms with E-state index in [0.717, 1.165) is 11.3 Å². The third-order valence-electron chi connectivity index (χ3n) is 5.08. The van der Waals surface area contributed by atoms with E-state index in [2.05, 4.69) is 4.98 Å². The second-order valence-electron chi connectivity index (χ2n) is 6.94. The lowest BCUT2D eigenvalue weighted by Gasteiger charge is -2.22. The smallest absolute Gasteiger partial charge is 0.297 e. The van der Waals surface area contributed by atoms with Crippen molar-refractivity contribution in [2.75, 3.05) is 12.0 Å². The van der Waals surface area contributed by atoms with Gasteiger partial charge in [0.1, 0.15) is 11.3 Å². The molecule has 6 nitrogen and oxygen atoms in total. The molecule has 0 unspecified atom stereocenters. The molecule has 30 heavy (non-hydrogen) atoms. The highest BCUT2D eigenvalue weighted by atomic mass is 35.5. The molecule has 1 aliphatic heterocycles. The normalized spacial score (nSPS) is 15.6. The summed E-state index contributed by atoms with van der Waals surface area (Å²) in [7, 11) is 1.58. The molecule has 2 aromatic carbocycles. The summed E-state index contributed by atoms with van der Waals surface area (Å²) in [6.07, 6.45) is 0. The molecule has 1 atom stereocenters. The van der Waals surface area contributed by atoms with Crippen LogP contribution in [-0.4, -0.2) is 18.0 Å². The fourth-order valence-corrected chi connectivity index (χ4v) is 4.70. The van der Waals surface area contributed by atoms with Crippen LogP contribution < -0.4 is 15.1 Å². The first-order valence-electron chi connectivity index (χ1n) is 9.14. The zero-order chi connectivity index (χ0) is 21.0. The van der Waals surface area contributed by atoms with Gasteiger partial charge >= 0.3 is 0 Å². The van der Waals surface area contributed by atoms with Crippen LogP contribution in [0.4, 0.5) is 5.13 Å². The Hall–Kier alpha value is -3.16. The molecule has 0 bridgehead atoms. The molecule has 0 aliphatic carbocycles. The number of aryl methyl sites for hydroxylation is 1. The van der Waals surface area contributed by atoms with Crippen LogP contribution in [0.1, 0.15) is 33.4 Å². The summed E-state index contributed by atoms with van der Waals surface area (Å²) in [5.41, 5.74) is 1.88. The Kier molecular flexibility index (Phi) is 4.38. The molecule has 4 aromatic rings. The molecule has 0 saturated heterocycles. The average molecular weight is 439 g/mol. The number of carbonyl (C=O) groups is 1. The number of hydrogen-bond acceptors (Lipinski definition) is 6. The van der Waals surface area contributed by atoms with Gasteiger partial charge in [-0.05, 0) is 42.8 Å². The van der Waals surface area contributed by atoms with Crippen molar-refractivity contribution in [3.8, 4) is 5.75 Å². The number of amides is 1. The second kappa shape index (κ2) is 6.97. The van der Waals surface area contributed by atoms with E-state index in [1.807, 2.05) is 24.4 Å². The molecular weight excluding hydrogens is 424 g/mol. The number of thiazole rings is 1. The lowest BCUT2D eigenvalue weighted by atomic mass is 9.98. The average Bonchev–Trinajstić information content (AvgIpc) is 3.30. The highest BCUT2D eigenvalue weighted by molar-refractivity contribution is 7.14. The Morgan fingerprint density at radius 3 is 2.60 bits per heavy atom. The molecular formula is C22H15ClN2O4S. The van der Waals surface area contributed by atoms with Crippen LogP contribution in [0.25, 0.3) is 11.0 Å². The third kappa shape index (κ3) is 2.81. The lowest BCUT2D eigenvalue weighted by Crippen LogP contribution is -2.29. The Morgan fingerprint density at radius 2 is 1.93 bits per heavy atom. The van der Waals surface area contributed by atoms with Gasteiger partial charge in [0.25, 0.3) is 5.91 Å². The van der Waals surface area contributed by atoms with E-state index >= 15 is 0 Å². The molecule has 5 rings (SSSR count). The van der Waals surface area contributed by atoms with Gasteiger partial charge in [0.15, 0.2) is 10.6 Å². The largest absolute Gasteiger partial charge is 0.497 e. The van der Waals surface area contributed by atoms with Crippen molar-refractivity contribution in [3.05, 3.63) is 85.7 Å². The summed E-state index contributed by atoms with van der Waals surface area (Å²) < 4.78 is 11.2. The van der Waals surface area contributed by atoms with E-state index in [0.29, 0.717) is 26.9 Å². The standard InChI is InChI=1S/C22H15ClN2O4S/c1-11-10-30-22(24-11)25-18(12-3-6-14(28-2)7-4-12)17-19(26)15-9-13(23)5-8-16(15)29-20(17)21(25)27/h3-10,18H,1-2H3/t18-/m1/s1. The van der Waals surface area contributed by atoms with E-state index in [4.69, 9.17) is 20.8 Å². The number of aromatic nitrogens is 1. The van der Waals surface area contributed by atoms with Crippen LogP contribution in [0, 0.1) is 6.92 Å². The van der Waals surface area contributed by atoms with Gasteiger partial charge in [0.05, 0.1) is 29.8 Å². The number of fused-ring (bicyclic) bond motifs is 2. The first-order chi connectivity index (χ1) is 14.5. The highest BCUT2D eigenvalue weighted by Crippen LogP contribution is 2.42. The van der Waals surface area contributed by atoms with Gasteiger partial charge in [0, 0.05) is 10.4 Å². The fraction of sp³-hybridized carbons (Fsp3) is 0.136. The number of halogens is 1. The van der Waals surface area contributed by atoms with Gasteiger partial charge in [0.2, 0.25) is 5.76 Å². The lowest BCUT2D eigenvalue weighted by molar-refractivity contribution is 0.0971. The number of hydrogen-bond donors (Lipinski definition) is 0. The Bertz CT molecular complexity index is 1360. The number of carbonyl (C=O) groups excluding carboxylic acids is 1. The number of benzene rings is 2. The number of rotatable bonds is 3. The van der Waals surface area contributed by atoms with E-state index in [9.17, 15) is 9.59 Å². The van der Waals surface area contributed by atoms with Crippen LogP contribution >= 0.6 is 22.9 Å². The van der Waals surface area contributed by atoms with Crippen molar-refractivity contribution in [2.45, 2.75) is 13.0 Å². The number of anilines is 1. The maximum absolute atomic E-state index is 13.5. The molecule has 0 saturated carbocycles. The molecule has 150 valence electrons. The summed E-state index contributed by atoms with van der Waals surface area (Å²) >= 11 is 7.45. The number of methoxy groups -OCH3 is 1. The summed E-state index contributed by atoms with van der Waals surface area (Å²) in [5.74, 6) is 0.315. The zero-order valence-electron chi connectivity index (χ0n) is 16.0. The van der Waals surface area contributed by atoms with Crippen molar-refractivity contribution < 1.29 is 13.9 Å². The zero-order valence-corrected chi connectivity index (χ0v) is 17.6. The maximum Gasteiger partial charge on any atom is 0.297 e. The van der Waals surface area contributed by atoms with Gasteiger partial charge in [-0.3, -0.25) is 14.5 Å². The maximum atomic E-state index is 13.5. The Labute approximate surface area is 180 Å². The van der Waals surface area contributed by atoms with E-state index in [1.54, 1.807) is 37.4 Å². The van der Waals surface area contributed by atoms with Gasteiger partial charge < -0.3 is 9.15 Å². The first kappa shape index (κ1) is 18.8. The minimum Gasteiger partial charge on any atom is -0.497 e. The van der Waals surface area contributed by atoms with Crippen LogP contribution in [0.15, 0.2) is 57.1 Å². The van der Waals surface area contributed by atoms with E-state index in [-0.39, 0.29) is 16.8 Å². The summed E-state index contributed by atoms with van der Waals surface area (Å²) in [5, 5.41) is 3.13. The molecule has 0 spiro atoms. The predicted octanol–water partition coefficient (Wildman–Crippen LogP) is 4.97.